The summed E-state index contributed by atoms with van der Waals surface area (Å²) in [5.41, 5.74) is -0.379. The first-order valence-corrected chi connectivity index (χ1v) is 8.58. The number of nitro groups is 1. The van der Waals surface area contributed by atoms with Crippen molar-refractivity contribution in [2.45, 2.75) is 13.0 Å². The number of nitrogens with zero attached hydrogens (tertiary/aromatic N) is 1. The van der Waals surface area contributed by atoms with Crippen LogP contribution >= 0.6 is 11.6 Å². The minimum absolute atomic E-state index is 0.130. The molecule has 146 valence electrons. The van der Waals surface area contributed by atoms with Gasteiger partial charge in [-0.1, -0.05) is 11.6 Å². The van der Waals surface area contributed by atoms with Crippen LogP contribution in [0.5, 0.6) is 11.5 Å². The largest absolute Gasteiger partial charge is 0.486 e. The first-order chi connectivity index (χ1) is 13.3. The van der Waals surface area contributed by atoms with Gasteiger partial charge in [0.1, 0.15) is 18.8 Å². The normalized spacial score (nSPS) is 13.4. The Morgan fingerprint density at radius 3 is 2.61 bits per heavy atom. The summed E-state index contributed by atoms with van der Waals surface area (Å²) in [5, 5.41) is 13.8. The molecule has 1 atom stereocenters. The number of amides is 1. The molecule has 0 saturated carbocycles. The summed E-state index contributed by atoms with van der Waals surface area (Å²) in [7, 11) is 0. The van der Waals surface area contributed by atoms with E-state index in [4.69, 9.17) is 25.8 Å². The number of ether oxygens (including phenoxy) is 3. The molecule has 0 radical (unpaired) electrons. The van der Waals surface area contributed by atoms with Crippen molar-refractivity contribution in [2.24, 2.45) is 0 Å². The number of anilines is 1. The van der Waals surface area contributed by atoms with E-state index < -0.39 is 28.6 Å². The molecular formula is C18H15ClN2O7. The second-order valence-electron chi connectivity index (χ2n) is 5.81. The third kappa shape index (κ3) is 4.32. The zero-order valence-electron chi connectivity index (χ0n) is 14.6. The van der Waals surface area contributed by atoms with Crippen molar-refractivity contribution in [2.75, 3.05) is 18.5 Å². The zero-order valence-corrected chi connectivity index (χ0v) is 15.4. The highest BCUT2D eigenvalue weighted by Gasteiger charge is 2.26. The quantitative estimate of drug-likeness (QED) is 0.460. The lowest BCUT2D eigenvalue weighted by Crippen LogP contribution is -2.30. The van der Waals surface area contributed by atoms with Crippen molar-refractivity contribution in [1.82, 2.24) is 0 Å². The van der Waals surface area contributed by atoms with Gasteiger partial charge in [0.15, 0.2) is 17.6 Å². The van der Waals surface area contributed by atoms with E-state index in [9.17, 15) is 19.7 Å². The number of nitrogens with one attached hydrogen (secondary N) is 1. The van der Waals surface area contributed by atoms with Crippen LogP contribution in [0, 0.1) is 10.1 Å². The fraction of sp³-hybridized carbons (Fsp3) is 0.222. The minimum atomic E-state index is -1.21. The van der Waals surface area contributed by atoms with Gasteiger partial charge in [0.2, 0.25) is 0 Å². The molecule has 10 heteroatoms. The van der Waals surface area contributed by atoms with Gasteiger partial charge in [-0.25, -0.2) is 4.79 Å². The lowest BCUT2D eigenvalue weighted by molar-refractivity contribution is -0.385. The van der Waals surface area contributed by atoms with Gasteiger partial charge in [0.25, 0.3) is 11.6 Å². The van der Waals surface area contributed by atoms with E-state index in [0.717, 1.165) is 12.1 Å². The number of carbonyl (C=O) groups is 2. The molecule has 1 aliphatic rings. The van der Waals surface area contributed by atoms with Crippen LogP contribution in [0.1, 0.15) is 17.3 Å². The van der Waals surface area contributed by atoms with E-state index in [1.165, 1.54) is 13.0 Å². The summed E-state index contributed by atoms with van der Waals surface area (Å²) in [4.78, 5) is 34.9. The van der Waals surface area contributed by atoms with Gasteiger partial charge in [0.05, 0.1) is 4.92 Å². The van der Waals surface area contributed by atoms with Gasteiger partial charge in [-0.05, 0) is 31.2 Å². The maximum Gasteiger partial charge on any atom is 0.345 e. The summed E-state index contributed by atoms with van der Waals surface area (Å²) in [6.45, 7) is 2.19. The van der Waals surface area contributed by atoms with Crippen molar-refractivity contribution < 1.29 is 28.7 Å². The molecule has 0 aromatic heterocycles. The Labute approximate surface area is 164 Å². The Morgan fingerprint density at radius 2 is 1.89 bits per heavy atom. The predicted molar refractivity (Wildman–Crippen MR) is 99.0 cm³/mol. The summed E-state index contributed by atoms with van der Waals surface area (Å²) in [5.74, 6) is -0.589. The molecule has 1 amide bonds. The number of halogens is 1. The topological polar surface area (TPSA) is 117 Å². The number of fused-ring (bicyclic) bond motifs is 1. The Kier molecular flexibility index (Phi) is 5.65. The number of carbonyl (C=O) groups excluding carboxylic acids is 2. The molecule has 1 N–H and O–H groups in total. The fourth-order valence-corrected chi connectivity index (χ4v) is 2.65. The van der Waals surface area contributed by atoms with Crippen molar-refractivity contribution in [3.8, 4) is 11.5 Å². The number of benzene rings is 2. The molecule has 28 heavy (non-hydrogen) atoms. The van der Waals surface area contributed by atoms with E-state index in [1.807, 2.05) is 0 Å². The van der Waals surface area contributed by atoms with Crippen LogP contribution in [-0.4, -0.2) is 36.1 Å². The number of nitro benzene ring substituents is 1. The molecule has 0 spiro atoms. The van der Waals surface area contributed by atoms with Crippen LogP contribution in [0.15, 0.2) is 36.4 Å². The van der Waals surface area contributed by atoms with Crippen LogP contribution < -0.4 is 14.8 Å². The Hall–Kier alpha value is -3.33. The molecule has 0 unspecified atom stereocenters. The summed E-state index contributed by atoms with van der Waals surface area (Å²) < 4.78 is 15.9. The van der Waals surface area contributed by atoms with Gasteiger partial charge in [-0.3, -0.25) is 14.9 Å². The van der Waals surface area contributed by atoms with Crippen molar-refractivity contribution in [3.05, 3.63) is 57.1 Å². The molecule has 0 saturated heterocycles. The molecule has 2 aromatic carbocycles. The summed E-state index contributed by atoms with van der Waals surface area (Å²) in [6.07, 6.45) is -1.21. The maximum absolute atomic E-state index is 12.3. The zero-order chi connectivity index (χ0) is 20.3. The molecule has 1 aliphatic heterocycles. The van der Waals surface area contributed by atoms with E-state index in [1.54, 1.807) is 18.2 Å². The molecule has 0 aliphatic carbocycles. The van der Waals surface area contributed by atoms with Gasteiger partial charge in [-0.2, -0.15) is 0 Å². The second kappa shape index (κ2) is 8.13. The van der Waals surface area contributed by atoms with Crippen molar-refractivity contribution >= 4 is 34.9 Å². The second-order valence-corrected chi connectivity index (χ2v) is 6.25. The van der Waals surface area contributed by atoms with Gasteiger partial charge in [-0.15, -0.1) is 0 Å². The Bertz CT molecular complexity index is 948. The summed E-state index contributed by atoms with van der Waals surface area (Å²) >= 11 is 5.80. The molecule has 0 fully saturated rings. The standard InChI is InChI=1S/C18H15ClN2O7/c1-10(28-18(23)13-8-11(19)2-4-14(13)21(24)25)17(22)20-12-3-5-15-16(9-12)27-7-6-26-15/h2-5,8-10H,6-7H2,1H3,(H,20,22)/t10-/m0/s1. The van der Waals surface area contributed by atoms with Gasteiger partial charge >= 0.3 is 5.97 Å². The first kappa shape index (κ1) is 19.4. The Morgan fingerprint density at radius 1 is 1.18 bits per heavy atom. The predicted octanol–water partition coefficient (Wildman–Crippen LogP) is 3.20. The fourth-order valence-electron chi connectivity index (χ4n) is 2.47. The van der Waals surface area contributed by atoms with E-state index in [-0.39, 0.29) is 10.6 Å². The number of esters is 1. The van der Waals surface area contributed by atoms with E-state index in [0.29, 0.717) is 30.4 Å². The lowest BCUT2D eigenvalue weighted by atomic mass is 10.2. The van der Waals surface area contributed by atoms with Crippen molar-refractivity contribution in [1.29, 1.82) is 0 Å². The average molecular weight is 407 g/mol. The highest BCUT2D eigenvalue weighted by molar-refractivity contribution is 6.31. The minimum Gasteiger partial charge on any atom is -0.486 e. The average Bonchev–Trinajstić information content (AvgIpc) is 2.67. The molecule has 9 nitrogen and oxygen atoms in total. The van der Waals surface area contributed by atoms with E-state index >= 15 is 0 Å². The van der Waals surface area contributed by atoms with Gasteiger partial charge in [0, 0.05) is 22.8 Å². The van der Waals surface area contributed by atoms with Crippen LogP contribution in [-0.2, 0) is 9.53 Å². The molecule has 1 heterocycles. The number of hydrogen-bond acceptors (Lipinski definition) is 7. The third-order valence-corrected chi connectivity index (χ3v) is 4.07. The summed E-state index contributed by atoms with van der Waals surface area (Å²) in [6, 6.07) is 8.35. The smallest absolute Gasteiger partial charge is 0.345 e. The molecular weight excluding hydrogens is 392 g/mol. The molecule has 0 bridgehead atoms. The SMILES string of the molecule is C[C@H](OC(=O)c1cc(Cl)ccc1[N+](=O)[O-])C(=O)Nc1ccc2c(c1)OCCO2. The van der Waals surface area contributed by atoms with Crippen LogP contribution in [0.25, 0.3) is 0 Å². The van der Waals surface area contributed by atoms with Crippen LogP contribution in [0.2, 0.25) is 5.02 Å². The number of rotatable bonds is 5. The molecule has 3 rings (SSSR count). The van der Waals surface area contributed by atoms with Crippen molar-refractivity contribution in [3.63, 3.8) is 0 Å². The molecule has 2 aromatic rings. The number of hydrogen-bond donors (Lipinski definition) is 1. The highest BCUT2D eigenvalue weighted by Crippen LogP contribution is 2.32. The maximum atomic E-state index is 12.3. The Balaban J connectivity index is 1.68. The van der Waals surface area contributed by atoms with Crippen LogP contribution in [0.4, 0.5) is 11.4 Å². The third-order valence-electron chi connectivity index (χ3n) is 3.84. The lowest BCUT2D eigenvalue weighted by Gasteiger charge is -2.19. The first-order valence-electron chi connectivity index (χ1n) is 8.20. The van der Waals surface area contributed by atoms with Gasteiger partial charge < -0.3 is 19.5 Å². The van der Waals surface area contributed by atoms with Crippen LogP contribution in [0.3, 0.4) is 0 Å². The monoisotopic (exact) mass is 406 g/mol. The van der Waals surface area contributed by atoms with E-state index in [2.05, 4.69) is 5.32 Å². The highest BCUT2D eigenvalue weighted by atomic mass is 35.5.